The average Bonchev–Trinajstić information content (AvgIpc) is 2.59. The summed E-state index contributed by atoms with van der Waals surface area (Å²) < 4.78 is 10.6. The molecule has 108 valence electrons. The predicted molar refractivity (Wildman–Crippen MR) is 83.2 cm³/mol. The Morgan fingerprint density at radius 1 is 0.909 bits per heavy atom. The van der Waals surface area contributed by atoms with Crippen LogP contribution in [0.25, 0.3) is 5.57 Å². The molecule has 0 atom stereocenters. The van der Waals surface area contributed by atoms with E-state index in [1.54, 1.807) is 32.4 Å². The second kappa shape index (κ2) is 6.97. The Hall–Kier alpha value is -3.24. The fraction of sp³-hybridized carbons (Fsp3) is 0.111. The summed E-state index contributed by atoms with van der Waals surface area (Å²) in [5.74, 6) is 1.20. The van der Waals surface area contributed by atoms with Gasteiger partial charge in [-0.25, -0.2) is 0 Å². The molecule has 0 N–H and O–H groups in total. The van der Waals surface area contributed by atoms with Crippen molar-refractivity contribution < 1.29 is 9.47 Å². The van der Waals surface area contributed by atoms with Crippen LogP contribution in [0.2, 0.25) is 0 Å². The van der Waals surface area contributed by atoms with Gasteiger partial charge in [0.25, 0.3) is 0 Å². The van der Waals surface area contributed by atoms with Crippen LogP contribution in [0.4, 0.5) is 0 Å². The van der Waals surface area contributed by atoms with Crippen LogP contribution >= 0.6 is 0 Å². The van der Waals surface area contributed by atoms with Crippen LogP contribution < -0.4 is 9.47 Å². The van der Waals surface area contributed by atoms with E-state index in [1.807, 2.05) is 42.5 Å². The molecule has 4 heteroatoms. The number of nitriles is 2. The highest BCUT2D eigenvalue weighted by Crippen LogP contribution is 2.35. The Morgan fingerprint density at radius 2 is 1.59 bits per heavy atom. The van der Waals surface area contributed by atoms with Gasteiger partial charge in [-0.3, -0.25) is 0 Å². The van der Waals surface area contributed by atoms with Gasteiger partial charge in [0, 0.05) is 11.1 Å². The number of hydrogen-bond acceptors (Lipinski definition) is 4. The van der Waals surface area contributed by atoms with E-state index in [2.05, 4.69) is 0 Å². The monoisotopic (exact) mass is 290 g/mol. The van der Waals surface area contributed by atoms with E-state index in [-0.39, 0.29) is 5.57 Å². The fourth-order valence-corrected chi connectivity index (χ4v) is 2.19. The Balaban J connectivity index is 2.80. The van der Waals surface area contributed by atoms with E-state index in [0.29, 0.717) is 22.6 Å². The molecule has 0 saturated heterocycles. The molecule has 22 heavy (non-hydrogen) atoms. The van der Waals surface area contributed by atoms with Gasteiger partial charge in [0.2, 0.25) is 0 Å². The van der Waals surface area contributed by atoms with Crippen molar-refractivity contribution in [3.8, 4) is 23.6 Å². The van der Waals surface area contributed by atoms with Crippen LogP contribution in [0.5, 0.6) is 11.5 Å². The summed E-state index contributed by atoms with van der Waals surface area (Å²) in [6, 6.07) is 18.5. The zero-order chi connectivity index (χ0) is 15.9. The topological polar surface area (TPSA) is 66.0 Å². The second-order valence-corrected chi connectivity index (χ2v) is 4.41. The van der Waals surface area contributed by atoms with Crippen molar-refractivity contribution in [2.45, 2.75) is 0 Å². The SMILES string of the molecule is COc1ccc(OC)c(C(=C(C#N)C#N)c2ccccc2)c1. The van der Waals surface area contributed by atoms with Crippen LogP contribution in [-0.2, 0) is 0 Å². The molecule has 2 rings (SSSR count). The lowest BCUT2D eigenvalue weighted by Gasteiger charge is -2.14. The molecule has 0 aromatic heterocycles. The molecule has 0 aliphatic carbocycles. The van der Waals surface area contributed by atoms with Gasteiger partial charge < -0.3 is 9.47 Å². The summed E-state index contributed by atoms with van der Waals surface area (Å²) in [5.41, 5.74) is 1.97. The number of methoxy groups -OCH3 is 2. The summed E-state index contributed by atoms with van der Waals surface area (Å²) in [4.78, 5) is 0. The second-order valence-electron chi connectivity index (χ2n) is 4.41. The van der Waals surface area contributed by atoms with E-state index in [0.717, 1.165) is 5.56 Å². The maximum Gasteiger partial charge on any atom is 0.138 e. The lowest BCUT2D eigenvalue weighted by Crippen LogP contribution is -1.97. The Kier molecular flexibility index (Phi) is 4.80. The largest absolute Gasteiger partial charge is 0.497 e. The highest BCUT2D eigenvalue weighted by atomic mass is 16.5. The molecule has 0 radical (unpaired) electrons. The van der Waals surface area contributed by atoms with Gasteiger partial charge in [0.15, 0.2) is 0 Å². The molecule has 4 nitrogen and oxygen atoms in total. The first-order valence-electron chi connectivity index (χ1n) is 6.57. The summed E-state index contributed by atoms with van der Waals surface area (Å²) in [6.07, 6.45) is 0. The maximum atomic E-state index is 9.31. The van der Waals surface area contributed by atoms with Gasteiger partial charge in [-0.2, -0.15) is 10.5 Å². The molecule has 0 heterocycles. The molecule has 2 aromatic rings. The minimum absolute atomic E-state index is 0.0257. The van der Waals surface area contributed by atoms with E-state index >= 15 is 0 Å². The van der Waals surface area contributed by atoms with Crippen molar-refractivity contribution in [3.05, 3.63) is 65.2 Å². The highest BCUT2D eigenvalue weighted by Gasteiger charge is 2.17. The van der Waals surface area contributed by atoms with Crippen molar-refractivity contribution in [2.75, 3.05) is 14.2 Å². The van der Waals surface area contributed by atoms with Gasteiger partial charge in [0.1, 0.15) is 29.2 Å². The quantitative estimate of drug-likeness (QED) is 0.808. The van der Waals surface area contributed by atoms with Crippen molar-refractivity contribution >= 4 is 5.57 Å². The Bertz CT molecular complexity index is 765. The zero-order valence-corrected chi connectivity index (χ0v) is 12.3. The minimum Gasteiger partial charge on any atom is -0.497 e. The van der Waals surface area contributed by atoms with Crippen LogP contribution in [0.1, 0.15) is 11.1 Å². The first-order valence-corrected chi connectivity index (χ1v) is 6.57. The first-order chi connectivity index (χ1) is 10.7. The third-order valence-corrected chi connectivity index (χ3v) is 3.21. The molecule has 2 aromatic carbocycles. The van der Waals surface area contributed by atoms with Gasteiger partial charge >= 0.3 is 0 Å². The van der Waals surface area contributed by atoms with Crippen molar-refractivity contribution in [1.29, 1.82) is 10.5 Å². The lowest BCUT2D eigenvalue weighted by molar-refractivity contribution is 0.402. The van der Waals surface area contributed by atoms with Gasteiger partial charge in [-0.05, 0) is 23.8 Å². The molecule has 0 aliphatic heterocycles. The summed E-state index contributed by atoms with van der Waals surface area (Å²) >= 11 is 0. The summed E-state index contributed by atoms with van der Waals surface area (Å²) in [7, 11) is 3.11. The molecule has 0 bridgehead atoms. The normalized spacial score (nSPS) is 9.27. The number of nitrogens with zero attached hydrogens (tertiary/aromatic N) is 2. The molecule has 0 aliphatic rings. The number of hydrogen-bond donors (Lipinski definition) is 0. The standard InChI is InChI=1S/C18H14N2O2/c1-21-15-8-9-17(22-2)16(10-15)18(14(11-19)12-20)13-6-4-3-5-7-13/h3-10H,1-2H3. The maximum absolute atomic E-state index is 9.31. The average molecular weight is 290 g/mol. The molecular weight excluding hydrogens is 276 g/mol. The van der Waals surface area contributed by atoms with E-state index in [1.165, 1.54) is 0 Å². The van der Waals surface area contributed by atoms with Crippen LogP contribution in [-0.4, -0.2) is 14.2 Å². The van der Waals surface area contributed by atoms with Crippen molar-refractivity contribution in [3.63, 3.8) is 0 Å². The first kappa shape index (κ1) is 15.2. The molecule has 0 amide bonds. The third-order valence-electron chi connectivity index (χ3n) is 3.21. The smallest absolute Gasteiger partial charge is 0.138 e. The number of allylic oxidation sites excluding steroid dienone is 1. The molecule has 0 spiro atoms. The molecular formula is C18H14N2O2. The zero-order valence-electron chi connectivity index (χ0n) is 12.3. The van der Waals surface area contributed by atoms with Gasteiger partial charge in [0.05, 0.1) is 14.2 Å². The summed E-state index contributed by atoms with van der Waals surface area (Å²) in [5, 5.41) is 18.6. The fourth-order valence-electron chi connectivity index (χ4n) is 2.19. The summed E-state index contributed by atoms with van der Waals surface area (Å²) in [6.45, 7) is 0. The van der Waals surface area contributed by atoms with E-state index < -0.39 is 0 Å². The Labute approximate surface area is 129 Å². The Morgan fingerprint density at radius 3 is 2.14 bits per heavy atom. The molecule has 0 unspecified atom stereocenters. The number of ether oxygens (including phenoxy) is 2. The van der Waals surface area contributed by atoms with Crippen LogP contribution in [0, 0.1) is 22.7 Å². The predicted octanol–water partition coefficient (Wildman–Crippen LogP) is 3.55. The van der Waals surface area contributed by atoms with Crippen LogP contribution in [0.15, 0.2) is 54.1 Å². The van der Waals surface area contributed by atoms with Gasteiger partial charge in [-0.1, -0.05) is 30.3 Å². The molecule has 0 saturated carbocycles. The highest BCUT2D eigenvalue weighted by molar-refractivity contribution is 5.89. The lowest BCUT2D eigenvalue weighted by atomic mass is 9.93. The van der Waals surface area contributed by atoms with Crippen LogP contribution in [0.3, 0.4) is 0 Å². The third kappa shape index (κ3) is 2.92. The number of benzene rings is 2. The van der Waals surface area contributed by atoms with E-state index in [4.69, 9.17) is 9.47 Å². The minimum atomic E-state index is 0.0257. The van der Waals surface area contributed by atoms with Crippen molar-refractivity contribution in [2.24, 2.45) is 0 Å². The van der Waals surface area contributed by atoms with Gasteiger partial charge in [-0.15, -0.1) is 0 Å². The van der Waals surface area contributed by atoms with E-state index in [9.17, 15) is 10.5 Å². The molecule has 0 fully saturated rings. The van der Waals surface area contributed by atoms with Crippen molar-refractivity contribution in [1.82, 2.24) is 0 Å². The number of rotatable bonds is 4.